The topological polar surface area (TPSA) is 23.8 Å². The van der Waals surface area contributed by atoms with Gasteiger partial charge in [-0.05, 0) is 5.56 Å². The van der Waals surface area contributed by atoms with Crippen LogP contribution in [0.4, 0.5) is 0 Å². The summed E-state index contributed by atoms with van der Waals surface area (Å²) in [6.07, 6.45) is 0. The Morgan fingerprint density at radius 3 is 2.12 bits per heavy atom. The summed E-state index contributed by atoms with van der Waals surface area (Å²) >= 11 is 0. The summed E-state index contributed by atoms with van der Waals surface area (Å²) in [5.74, 6) is 0. The van der Waals surface area contributed by atoms with Crippen molar-refractivity contribution >= 4 is 0 Å². The molecule has 1 aromatic carbocycles. The minimum absolute atomic E-state index is 0.390. The van der Waals surface area contributed by atoms with E-state index in [4.69, 9.17) is 5.73 Å². The first kappa shape index (κ1) is 5.32. The molecule has 0 heterocycles. The zero-order chi connectivity index (χ0) is 5.82. The Labute approximate surface area is 49.1 Å². The van der Waals surface area contributed by atoms with Gasteiger partial charge in [0.05, 0.1) is 0 Å². The SMILES string of the molecule is [NH]Cc1ccccc1. The van der Waals surface area contributed by atoms with Gasteiger partial charge in [-0.2, -0.15) is 0 Å². The molecule has 0 unspecified atom stereocenters. The number of nitrogens with one attached hydrogen (secondary N) is 1. The van der Waals surface area contributed by atoms with E-state index in [1.807, 2.05) is 30.3 Å². The highest BCUT2D eigenvalue weighted by atomic mass is 14.5. The molecule has 8 heavy (non-hydrogen) atoms. The summed E-state index contributed by atoms with van der Waals surface area (Å²) in [7, 11) is 0. The average Bonchev–Trinajstić information content (AvgIpc) is 1.90. The second-order valence-corrected chi connectivity index (χ2v) is 1.66. The standard InChI is InChI=1S/C7H8N/c8-6-7-4-2-1-3-5-7/h1-5,8H,6H2. The van der Waals surface area contributed by atoms with Crippen molar-refractivity contribution in [2.75, 3.05) is 0 Å². The van der Waals surface area contributed by atoms with Gasteiger partial charge in [0.1, 0.15) is 0 Å². The molecule has 0 aliphatic rings. The van der Waals surface area contributed by atoms with E-state index in [1.54, 1.807) is 0 Å². The molecule has 41 valence electrons. The Morgan fingerprint density at radius 2 is 1.75 bits per heavy atom. The van der Waals surface area contributed by atoms with E-state index in [9.17, 15) is 0 Å². The molecular formula is C7H8N. The van der Waals surface area contributed by atoms with E-state index < -0.39 is 0 Å². The summed E-state index contributed by atoms with van der Waals surface area (Å²) in [4.78, 5) is 0. The van der Waals surface area contributed by atoms with Crippen LogP contribution in [-0.4, -0.2) is 0 Å². The van der Waals surface area contributed by atoms with Crippen LogP contribution in [0.5, 0.6) is 0 Å². The van der Waals surface area contributed by atoms with Crippen molar-refractivity contribution in [1.82, 2.24) is 5.73 Å². The van der Waals surface area contributed by atoms with Gasteiger partial charge in [0.2, 0.25) is 0 Å². The Bertz CT molecular complexity index is 146. The molecule has 0 bridgehead atoms. The molecule has 1 rings (SSSR count). The molecule has 0 saturated heterocycles. The predicted molar refractivity (Wildman–Crippen MR) is 33.2 cm³/mol. The number of rotatable bonds is 1. The first-order chi connectivity index (χ1) is 3.93. The zero-order valence-corrected chi connectivity index (χ0v) is 4.59. The zero-order valence-electron chi connectivity index (χ0n) is 4.59. The molecule has 0 spiro atoms. The van der Waals surface area contributed by atoms with Gasteiger partial charge in [0.25, 0.3) is 0 Å². The van der Waals surface area contributed by atoms with Crippen molar-refractivity contribution in [2.24, 2.45) is 0 Å². The number of benzene rings is 1. The second kappa shape index (κ2) is 2.48. The Balaban J connectivity index is 2.83. The van der Waals surface area contributed by atoms with Gasteiger partial charge >= 0.3 is 0 Å². The van der Waals surface area contributed by atoms with Crippen molar-refractivity contribution in [3.63, 3.8) is 0 Å². The lowest BCUT2D eigenvalue weighted by molar-refractivity contribution is 1.03. The van der Waals surface area contributed by atoms with Crippen LogP contribution in [0.1, 0.15) is 5.56 Å². The smallest absolute Gasteiger partial charge is 0.0351 e. The summed E-state index contributed by atoms with van der Waals surface area (Å²) in [6, 6.07) is 9.76. The number of hydrogen-bond acceptors (Lipinski definition) is 0. The summed E-state index contributed by atoms with van der Waals surface area (Å²) in [5, 5.41) is 0. The molecule has 0 amide bonds. The van der Waals surface area contributed by atoms with Crippen LogP contribution >= 0.6 is 0 Å². The van der Waals surface area contributed by atoms with Crippen LogP contribution in [0.2, 0.25) is 0 Å². The van der Waals surface area contributed by atoms with Gasteiger partial charge in [-0.15, -0.1) is 0 Å². The first-order valence-corrected chi connectivity index (χ1v) is 2.62. The fourth-order valence-electron chi connectivity index (χ4n) is 0.596. The predicted octanol–water partition coefficient (Wildman–Crippen LogP) is 1.47. The van der Waals surface area contributed by atoms with Crippen LogP contribution in [0, 0.1) is 0 Å². The monoisotopic (exact) mass is 106 g/mol. The van der Waals surface area contributed by atoms with E-state index in [0.29, 0.717) is 6.54 Å². The maximum atomic E-state index is 6.94. The van der Waals surface area contributed by atoms with Crippen molar-refractivity contribution in [2.45, 2.75) is 6.54 Å². The summed E-state index contributed by atoms with van der Waals surface area (Å²) in [6.45, 7) is 0.390. The highest BCUT2D eigenvalue weighted by molar-refractivity contribution is 5.13. The molecule has 1 aromatic rings. The van der Waals surface area contributed by atoms with Gasteiger partial charge in [0.15, 0.2) is 0 Å². The molecule has 0 atom stereocenters. The van der Waals surface area contributed by atoms with E-state index in [1.165, 1.54) is 0 Å². The Hall–Kier alpha value is -0.820. The van der Waals surface area contributed by atoms with Crippen molar-refractivity contribution < 1.29 is 0 Å². The van der Waals surface area contributed by atoms with Crippen LogP contribution in [0.15, 0.2) is 30.3 Å². The molecule has 1 nitrogen and oxygen atoms in total. The molecular weight excluding hydrogens is 98.1 g/mol. The van der Waals surface area contributed by atoms with E-state index in [0.717, 1.165) is 5.56 Å². The second-order valence-electron chi connectivity index (χ2n) is 1.66. The lowest BCUT2D eigenvalue weighted by Gasteiger charge is -1.89. The van der Waals surface area contributed by atoms with E-state index in [-0.39, 0.29) is 0 Å². The van der Waals surface area contributed by atoms with Gasteiger partial charge in [0, 0.05) is 6.54 Å². The highest BCUT2D eigenvalue weighted by Gasteiger charge is 1.80. The molecule has 0 aliphatic heterocycles. The third-order valence-corrected chi connectivity index (χ3v) is 1.05. The molecule has 1 N–H and O–H groups in total. The van der Waals surface area contributed by atoms with Gasteiger partial charge in [-0.1, -0.05) is 30.3 Å². The van der Waals surface area contributed by atoms with E-state index in [2.05, 4.69) is 0 Å². The molecule has 1 heteroatoms. The lowest BCUT2D eigenvalue weighted by atomic mass is 10.2. The number of hydrogen-bond donors (Lipinski definition) is 0. The van der Waals surface area contributed by atoms with Gasteiger partial charge in [-0.3, -0.25) is 5.73 Å². The largest absolute Gasteiger partial charge is 0.253 e. The first-order valence-electron chi connectivity index (χ1n) is 2.62. The molecule has 0 fully saturated rings. The van der Waals surface area contributed by atoms with Crippen molar-refractivity contribution in [1.29, 1.82) is 0 Å². The summed E-state index contributed by atoms with van der Waals surface area (Å²) < 4.78 is 0. The minimum Gasteiger partial charge on any atom is -0.253 e. The molecule has 0 aromatic heterocycles. The molecule has 1 radical (unpaired) electrons. The Morgan fingerprint density at radius 1 is 1.12 bits per heavy atom. The minimum atomic E-state index is 0.390. The van der Waals surface area contributed by atoms with Crippen LogP contribution < -0.4 is 5.73 Å². The quantitative estimate of drug-likeness (QED) is 0.517. The molecule has 0 aliphatic carbocycles. The third kappa shape index (κ3) is 1.07. The van der Waals surface area contributed by atoms with E-state index >= 15 is 0 Å². The maximum Gasteiger partial charge on any atom is 0.0351 e. The van der Waals surface area contributed by atoms with Crippen molar-refractivity contribution in [3.05, 3.63) is 35.9 Å². The Kier molecular flexibility index (Phi) is 1.65. The lowest BCUT2D eigenvalue weighted by Crippen LogP contribution is -1.80. The van der Waals surface area contributed by atoms with Crippen LogP contribution in [0.3, 0.4) is 0 Å². The highest BCUT2D eigenvalue weighted by Crippen LogP contribution is 1.94. The fourth-order valence-corrected chi connectivity index (χ4v) is 0.596. The third-order valence-electron chi connectivity index (χ3n) is 1.05. The normalized spacial score (nSPS) is 9.12. The van der Waals surface area contributed by atoms with Crippen LogP contribution in [0.25, 0.3) is 0 Å². The summed E-state index contributed by atoms with van der Waals surface area (Å²) in [5.41, 5.74) is 8.02. The maximum absolute atomic E-state index is 6.94. The van der Waals surface area contributed by atoms with Gasteiger partial charge in [-0.25, -0.2) is 0 Å². The van der Waals surface area contributed by atoms with Gasteiger partial charge < -0.3 is 0 Å². The molecule has 0 saturated carbocycles. The average molecular weight is 106 g/mol. The van der Waals surface area contributed by atoms with Crippen LogP contribution in [-0.2, 0) is 6.54 Å². The van der Waals surface area contributed by atoms with Crippen molar-refractivity contribution in [3.8, 4) is 0 Å². The fraction of sp³-hybridized carbons (Fsp3) is 0.143.